The van der Waals surface area contributed by atoms with Gasteiger partial charge in [-0.25, -0.2) is 14.8 Å². The Kier molecular flexibility index (Phi) is 12.2. The van der Waals surface area contributed by atoms with Crippen LogP contribution < -0.4 is 10.6 Å². The van der Waals surface area contributed by atoms with Crippen molar-refractivity contribution in [2.45, 2.75) is 134 Å². The van der Waals surface area contributed by atoms with Crippen LogP contribution in [0.15, 0.2) is 36.4 Å². The maximum absolute atomic E-state index is 12.7. The molecule has 2 N–H and O–H groups in total. The van der Waals surface area contributed by atoms with E-state index >= 15 is 0 Å². The fourth-order valence-electron chi connectivity index (χ4n) is 5.88. The van der Waals surface area contributed by atoms with E-state index in [9.17, 15) is 4.79 Å². The molecular formula is C32H48N4O2. The molecule has 0 radical (unpaired) electrons. The number of hydrogen-bond acceptors (Lipinski definition) is 5. The Bertz CT molecular complexity index is 930. The van der Waals surface area contributed by atoms with Gasteiger partial charge in [-0.1, -0.05) is 120 Å². The first kappa shape index (κ1) is 28.4. The molecule has 0 unspecified atom stereocenters. The molecule has 1 heterocycles. The molecule has 1 aromatic carbocycles. The van der Waals surface area contributed by atoms with Crippen LogP contribution in [0.1, 0.15) is 133 Å². The molecule has 2 aliphatic carbocycles. The molecule has 38 heavy (non-hydrogen) atoms. The summed E-state index contributed by atoms with van der Waals surface area (Å²) in [4.78, 5) is 22.6. The number of nitrogens with zero attached hydrogens (tertiary/aromatic N) is 2. The largest absolute Gasteiger partial charge is 0.444 e. The zero-order valence-corrected chi connectivity index (χ0v) is 23.3. The molecule has 1 amide bonds. The van der Waals surface area contributed by atoms with Crippen molar-refractivity contribution in [3.05, 3.63) is 47.8 Å². The third-order valence-corrected chi connectivity index (χ3v) is 8.11. The van der Waals surface area contributed by atoms with Gasteiger partial charge < -0.3 is 10.1 Å². The molecule has 1 aromatic heterocycles. The van der Waals surface area contributed by atoms with Gasteiger partial charge in [-0.2, -0.15) is 0 Å². The second-order valence-corrected chi connectivity index (χ2v) is 11.3. The lowest BCUT2D eigenvalue weighted by molar-refractivity contribution is 0.155. The van der Waals surface area contributed by atoms with Gasteiger partial charge in [-0.3, -0.25) is 5.32 Å². The Morgan fingerprint density at radius 3 is 1.84 bits per heavy atom. The number of rotatable bonds is 6. The summed E-state index contributed by atoms with van der Waals surface area (Å²) in [5.74, 6) is 2.58. The highest BCUT2D eigenvalue weighted by molar-refractivity contribution is 5.83. The lowest BCUT2D eigenvalue weighted by Gasteiger charge is -2.22. The van der Waals surface area contributed by atoms with Crippen molar-refractivity contribution in [3.8, 4) is 0 Å². The Morgan fingerprint density at radius 2 is 1.24 bits per heavy atom. The fourth-order valence-corrected chi connectivity index (χ4v) is 5.88. The lowest BCUT2D eigenvalue weighted by Crippen LogP contribution is -2.22. The van der Waals surface area contributed by atoms with Crippen LogP contribution in [0.25, 0.3) is 0 Å². The minimum absolute atomic E-state index is 0.237. The van der Waals surface area contributed by atoms with Crippen LogP contribution in [0.4, 0.5) is 16.4 Å². The summed E-state index contributed by atoms with van der Waals surface area (Å²) in [6.07, 6.45) is 22.4. The number of carbonyl (C=O) groups excluding carboxylic acids is 1. The Balaban J connectivity index is 1.48. The maximum atomic E-state index is 12.7. The molecule has 6 nitrogen and oxygen atoms in total. The highest BCUT2D eigenvalue weighted by Crippen LogP contribution is 2.30. The van der Waals surface area contributed by atoms with E-state index in [-0.39, 0.29) is 6.61 Å². The number of ether oxygens (including phenoxy) is 1. The molecule has 0 aliphatic heterocycles. The summed E-state index contributed by atoms with van der Waals surface area (Å²) >= 11 is 0. The fraction of sp³-hybridized carbons (Fsp3) is 0.656. The molecule has 0 spiro atoms. The zero-order chi connectivity index (χ0) is 26.3. The van der Waals surface area contributed by atoms with Crippen molar-refractivity contribution in [2.24, 2.45) is 0 Å². The van der Waals surface area contributed by atoms with Crippen LogP contribution in [0.3, 0.4) is 0 Å². The third-order valence-electron chi connectivity index (χ3n) is 8.11. The van der Waals surface area contributed by atoms with E-state index in [1.165, 1.54) is 103 Å². The Labute approximate surface area is 229 Å². The van der Waals surface area contributed by atoms with Crippen LogP contribution in [-0.4, -0.2) is 22.1 Å². The van der Waals surface area contributed by atoms with E-state index in [0.717, 1.165) is 30.0 Å². The summed E-state index contributed by atoms with van der Waals surface area (Å²) in [5.41, 5.74) is 0.964. The number of hydrogen-bond donors (Lipinski definition) is 2. The topological polar surface area (TPSA) is 76.1 Å². The Morgan fingerprint density at radius 1 is 0.711 bits per heavy atom. The van der Waals surface area contributed by atoms with Crippen LogP contribution in [0.5, 0.6) is 0 Å². The summed E-state index contributed by atoms with van der Waals surface area (Å²) in [7, 11) is 0. The van der Waals surface area contributed by atoms with Gasteiger partial charge in [0.25, 0.3) is 0 Å². The number of benzene rings is 1. The second-order valence-electron chi connectivity index (χ2n) is 11.3. The molecule has 0 atom stereocenters. The third kappa shape index (κ3) is 10.3. The number of anilines is 2. The van der Waals surface area contributed by atoms with Gasteiger partial charge in [0, 0.05) is 18.0 Å². The van der Waals surface area contributed by atoms with Gasteiger partial charge in [-0.15, -0.1) is 0 Å². The molecule has 0 bridgehead atoms. The van der Waals surface area contributed by atoms with Gasteiger partial charge in [0.15, 0.2) is 0 Å². The SMILES string of the molecule is O=C(Nc1cc(NC2CCCCCCCCCC2)nc(C2CCCCCCCC2)n1)OCc1ccccc1. The lowest BCUT2D eigenvalue weighted by atomic mass is 9.96. The van der Waals surface area contributed by atoms with Gasteiger partial charge in [0.1, 0.15) is 24.1 Å². The van der Waals surface area contributed by atoms with Crippen LogP contribution in [-0.2, 0) is 11.3 Å². The number of carbonyl (C=O) groups is 1. The van der Waals surface area contributed by atoms with E-state index in [1.807, 2.05) is 36.4 Å². The molecular weight excluding hydrogens is 472 g/mol. The van der Waals surface area contributed by atoms with Crippen molar-refractivity contribution in [1.29, 1.82) is 0 Å². The first-order chi connectivity index (χ1) is 18.8. The number of amides is 1. The average Bonchev–Trinajstić information content (AvgIpc) is 3.03. The Hall–Kier alpha value is -2.63. The van der Waals surface area contributed by atoms with Crippen molar-refractivity contribution in [1.82, 2.24) is 9.97 Å². The summed E-state index contributed by atoms with van der Waals surface area (Å²) in [5, 5.41) is 6.67. The first-order valence-corrected chi connectivity index (χ1v) is 15.4. The van der Waals surface area contributed by atoms with Gasteiger partial charge >= 0.3 is 6.09 Å². The van der Waals surface area contributed by atoms with E-state index in [1.54, 1.807) is 0 Å². The molecule has 2 aromatic rings. The minimum Gasteiger partial charge on any atom is -0.444 e. The van der Waals surface area contributed by atoms with Crippen molar-refractivity contribution >= 4 is 17.7 Å². The molecule has 6 heteroatoms. The van der Waals surface area contributed by atoms with E-state index in [2.05, 4.69) is 10.6 Å². The summed E-state index contributed by atoms with van der Waals surface area (Å²) in [6.45, 7) is 0.237. The normalized spacial score (nSPS) is 19.3. The summed E-state index contributed by atoms with van der Waals surface area (Å²) < 4.78 is 5.50. The highest BCUT2D eigenvalue weighted by atomic mass is 16.5. The summed E-state index contributed by atoms with van der Waals surface area (Å²) in [6, 6.07) is 12.1. The van der Waals surface area contributed by atoms with Crippen LogP contribution in [0, 0.1) is 0 Å². The van der Waals surface area contributed by atoms with Crippen molar-refractivity contribution in [2.75, 3.05) is 10.6 Å². The number of aromatic nitrogens is 2. The van der Waals surface area contributed by atoms with E-state index in [4.69, 9.17) is 14.7 Å². The standard InChI is InChI=1S/C32H48N4O2/c37-32(38-25-26-18-12-11-13-19-26)36-30-24-29(33-28-22-16-9-3-1-2-4-10-17-23-28)34-31(35-30)27-20-14-7-5-6-8-15-21-27/h11-13,18-19,24,27-28H,1-10,14-17,20-23,25H2,(H2,33,34,35,36,37). The number of nitrogens with one attached hydrogen (secondary N) is 2. The molecule has 2 saturated carbocycles. The van der Waals surface area contributed by atoms with Gasteiger partial charge in [0.2, 0.25) is 0 Å². The molecule has 4 rings (SSSR count). The molecule has 208 valence electrons. The predicted octanol–water partition coefficient (Wildman–Crippen LogP) is 9.14. The first-order valence-electron chi connectivity index (χ1n) is 15.4. The molecule has 2 aliphatic rings. The van der Waals surface area contributed by atoms with Gasteiger partial charge in [0.05, 0.1) is 0 Å². The van der Waals surface area contributed by atoms with Crippen LogP contribution >= 0.6 is 0 Å². The minimum atomic E-state index is -0.478. The zero-order valence-electron chi connectivity index (χ0n) is 23.3. The van der Waals surface area contributed by atoms with E-state index < -0.39 is 6.09 Å². The highest BCUT2D eigenvalue weighted by Gasteiger charge is 2.20. The van der Waals surface area contributed by atoms with E-state index in [0.29, 0.717) is 17.8 Å². The monoisotopic (exact) mass is 520 g/mol. The quantitative estimate of drug-likeness (QED) is 0.397. The van der Waals surface area contributed by atoms with Crippen LogP contribution in [0.2, 0.25) is 0 Å². The predicted molar refractivity (Wildman–Crippen MR) is 156 cm³/mol. The van der Waals surface area contributed by atoms with Crippen molar-refractivity contribution < 1.29 is 9.53 Å². The maximum Gasteiger partial charge on any atom is 0.413 e. The smallest absolute Gasteiger partial charge is 0.413 e. The second kappa shape index (κ2) is 16.4. The average molecular weight is 521 g/mol. The molecule has 2 fully saturated rings. The van der Waals surface area contributed by atoms with Crippen molar-refractivity contribution in [3.63, 3.8) is 0 Å². The van der Waals surface area contributed by atoms with Gasteiger partial charge in [-0.05, 0) is 31.2 Å². The molecule has 0 saturated heterocycles.